The van der Waals surface area contributed by atoms with Gasteiger partial charge in [0, 0.05) is 10.6 Å². The number of ether oxygens (including phenoxy) is 2. The van der Waals surface area contributed by atoms with Crippen LogP contribution in [0.2, 0.25) is 5.02 Å². The standard InChI is InChI=1S/C13H15ClO3/c1-13(2,3)17-12(15)11-10(16-11)8-6-4-5-7-9(8)14/h4-7,10-11H,1-3H3/t10-,11-/m0/s1. The third-order valence-electron chi connectivity index (χ3n) is 2.34. The van der Waals surface area contributed by atoms with Crippen molar-refractivity contribution in [2.24, 2.45) is 0 Å². The molecular formula is C13H15ClO3. The highest BCUT2D eigenvalue weighted by atomic mass is 35.5. The summed E-state index contributed by atoms with van der Waals surface area (Å²) in [4.78, 5) is 11.7. The Hall–Kier alpha value is -1.06. The van der Waals surface area contributed by atoms with Crippen molar-refractivity contribution >= 4 is 17.6 Å². The largest absolute Gasteiger partial charge is 0.458 e. The molecule has 1 aromatic carbocycles. The first kappa shape index (κ1) is 12.4. The number of halogens is 1. The summed E-state index contributed by atoms with van der Waals surface area (Å²) in [6.45, 7) is 5.49. The van der Waals surface area contributed by atoms with E-state index in [9.17, 15) is 4.79 Å². The molecule has 92 valence electrons. The lowest BCUT2D eigenvalue weighted by Gasteiger charge is -2.18. The molecule has 0 amide bonds. The van der Waals surface area contributed by atoms with Crippen LogP contribution in [-0.4, -0.2) is 17.7 Å². The van der Waals surface area contributed by atoms with Crippen LogP contribution in [0.1, 0.15) is 32.4 Å². The Balaban J connectivity index is 2.02. The molecule has 0 spiro atoms. The average Bonchev–Trinajstić information content (AvgIpc) is 2.95. The van der Waals surface area contributed by atoms with E-state index in [2.05, 4.69) is 0 Å². The Labute approximate surface area is 106 Å². The van der Waals surface area contributed by atoms with E-state index in [0.717, 1.165) is 5.56 Å². The molecule has 1 fully saturated rings. The minimum atomic E-state index is -0.519. The highest BCUT2D eigenvalue weighted by Crippen LogP contribution is 2.42. The molecule has 0 radical (unpaired) electrons. The van der Waals surface area contributed by atoms with Crippen LogP contribution in [-0.2, 0) is 14.3 Å². The maximum atomic E-state index is 11.7. The summed E-state index contributed by atoms with van der Waals surface area (Å²) < 4.78 is 10.6. The molecule has 0 N–H and O–H groups in total. The first-order valence-electron chi connectivity index (χ1n) is 5.51. The van der Waals surface area contributed by atoms with E-state index in [-0.39, 0.29) is 12.1 Å². The fourth-order valence-electron chi connectivity index (χ4n) is 1.59. The number of carbonyl (C=O) groups is 1. The number of carbonyl (C=O) groups excluding carboxylic acids is 1. The molecule has 1 aromatic rings. The maximum absolute atomic E-state index is 11.7. The van der Waals surface area contributed by atoms with Crippen molar-refractivity contribution in [2.45, 2.75) is 38.6 Å². The quantitative estimate of drug-likeness (QED) is 0.601. The van der Waals surface area contributed by atoms with Gasteiger partial charge in [0.15, 0.2) is 6.10 Å². The lowest BCUT2D eigenvalue weighted by Crippen LogP contribution is -2.26. The number of hydrogen-bond acceptors (Lipinski definition) is 3. The summed E-state index contributed by atoms with van der Waals surface area (Å²) in [7, 11) is 0. The van der Waals surface area contributed by atoms with Crippen LogP contribution in [0.5, 0.6) is 0 Å². The van der Waals surface area contributed by atoms with Gasteiger partial charge in [-0.25, -0.2) is 4.79 Å². The summed E-state index contributed by atoms with van der Waals surface area (Å²) in [5.41, 5.74) is 0.346. The smallest absolute Gasteiger partial charge is 0.338 e. The number of benzene rings is 1. The molecule has 17 heavy (non-hydrogen) atoms. The number of esters is 1. The molecule has 0 bridgehead atoms. The van der Waals surface area contributed by atoms with Gasteiger partial charge in [0.25, 0.3) is 0 Å². The number of hydrogen-bond donors (Lipinski definition) is 0. The Bertz CT molecular complexity index is 437. The monoisotopic (exact) mass is 254 g/mol. The van der Waals surface area contributed by atoms with E-state index in [0.29, 0.717) is 5.02 Å². The van der Waals surface area contributed by atoms with Gasteiger partial charge in [0.2, 0.25) is 0 Å². The molecule has 2 rings (SSSR count). The molecule has 1 heterocycles. The third-order valence-corrected chi connectivity index (χ3v) is 2.69. The van der Waals surface area contributed by atoms with E-state index in [1.807, 2.05) is 39.0 Å². The zero-order valence-corrected chi connectivity index (χ0v) is 10.8. The van der Waals surface area contributed by atoms with Gasteiger partial charge in [-0.2, -0.15) is 0 Å². The fraction of sp³-hybridized carbons (Fsp3) is 0.462. The van der Waals surface area contributed by atoms with Crippen LogP contribution < -0.4 is 0 Å². The Morgan fingerprint density at radius 2 is 2.00 bits per heavy atom. The number of rotatable bonds is 2. The van der Waals surface area contributed by atoms with Gasteiger partial charge in [0.05, 0.1) is 0 Å². The third kappa shape index (κ3) is 2.99. The van der Waals surface area contributed by atoms with Crippen molar-refractivity contribution in [1.29, 1.82) is 0 Å². The van der Waals surface area contributed by atoms with Crippen molar-refractivity contribution < 1.29 is 14.3 Å². The minimum absolute atomic E-state index is 0.265. The highest BCUT2D eigenvalue weighted by molar-refractivity contribution is 6.31. The SMILES string of the molecule is CC(C)(C)OC(=O)[C@H]1O[C@H]1c1ccccc1Cl. The van der Waals surface area contributed by atoms with Gasteiger partial charge in [-0.1, -0.05) is 29.8 Å². The molecule has 0 aromatic heterocycles. The van der Waals surface area contributed by atoms with E-state index in [4.69, 9.17) is 21.1 Å². The van der Waals surface area contributed by atoms with Crippen LogP contribution in [0, 0.1) is 0 Å². The lowest BCUT2D eigenvalue weighted by atomic mass is 10.1. The topological polar surface area (TPSA) is 38.8 Å². The minimum Gasteiger partial charge on any atom is -0.458 e. The van der Waals surface area contributed by atoms with Gasteiger partial charge in [-0.15, -0.1) is 0 Å². The van der Waals surface area contributed by atoms with Crippen LogP contribution in [0.3, 0.4) is 0 Å². The van der Waals surface area contributed by atoms with Crippen molar-refractivity contribution in [3.63, 3.8) is 0 Å². The summed E-state index contributed by atoms with van der Waals surface area (Å²) in [6.07, 6.45) is -0.785. The molecule has 1 saturated heterocycles. The van der Waals surface area contributed by atoms with Gasteiger partial charge in [-0.3, -0.25) is 0 Å². The van der Waals surface area contributed by atoms with E-state index in [1.54, 1.807) is 6.07 Å². The average molecular weight is 255 g/mol. The lowest BCUT2D eigenvalue weighted by molar-refractivity contribution is -0.156. The van der Waals surface area contributed by atoms with Gasteiger partial charge in [-0.05, 0) is 26.8 Å². The predicted octanol–water partition coefficient (Wildman–Crippen LogP) is 3.12. The fourth-order valence-corrected chi connectivity index (χ4v) is 1.84. The van der Waals surface area contributed by atoms with E-state index >= 15 is 0 Å². The summed E-state index contributed by atoms with van der Waals surface area (Å²) in [5.74, 6) is -0.331. The molecule has 0 unspecified atom stereocenters. The van der Waals surface area contributed by atoms with Crippen LogP contribution in [0.25, 0.3) is 0 Å². The van der Waals surface area contributed by atoms with E-state index < -0.39 is 11.7 Å². The van der Waals surface area contributed by atoms with Crippen molar-refractivity contribution in [3.8, 4) is 0 Å². The molecule has 1 aliphatic heterocycles. The maximum Gasteiger partial charge on any atom is 0.338 e. The summed E-state index contributed by atoms with van der Waals surface area (Å²) >= 11 is 6.03. The molecule has 0 saturated carbocycles. The first-order chi connectivity index (χ1) is 7.88. The van der Waals surface area contributed by atoms with Crippen molar-refractivity contribution in [1.82, 2.24) is 0 Å². The molecule has 0 aliphatic carbocycles. The van der Waals surface area contributed by atoms with E-state index in [1.165, 1.54) is 0 Å². The first-order valence-corrected chi connectivity index (χ1v) is 5.89. The normalized spacial score (nSPS) is 23.3. The summed E-state index contributed by atoms with van der Waals surface area (Å²) in [6, 6.07) is 7.35. The zero-order valence-electron chi connectivity index (χ0n) is 10.1. The van der Waals surface area contributed by atoms with Crippen LogP contribution in [0.15, 0.2) is 24.3 Å². The van der Waals surface area contributed by atoms with Crippen LogP contribution in [0.4, 0.5) is 0 Å². The molecule has 1 aliphatic rings. The molecule has 2 atom stereocenters. The molecule has 3 nitrogen and oxygen atoms in total. The second-order valence-corrected chi connectivity index (χ2v) is 5.44. The number of epoxide rings is 1. The molecule has 4 heteroatoms. The Morgan fingerprint density at radius 3 is 2.59 bits per heavy atom. The highest BCUT2D eigenvalue weighted by Gasteiger charge is 2.49. The Kier molecular flexibility index (Phi) is 3.15. The Morgan fingerprint density at radius 1 is 1.35 bits per heavy atom. The van der Waals surface area contributed by atoms with Crippen LogP contribution >= 0.6 is 11.6 Å². The van der Waals surface area contributed by atoms with Crippen molar-refractivity contribution in [2.75, 3.05) is 0 Å². The van der Waals surface area contributed by atoms with Gasteiger partial charge in [0.1, 0.15) is 11.7 Å². The second-order valence-electron chi connectivity index (χ2n) is 5.03. The zero-order chi connectivity index (χ0) is 12.6. The van der Waals surface area contributed by atoms with Crippen molar-refractivity contribution in [3.05, 3.63) is 34.9 Å². The second kappa shape index (κ2) is 4.31. The predicted molar refractivity (Wildman–Crippen MR) is 64.9 cm³/mol. The van der Waals surface area contributed by atoms with Gasteiger partial charge < -0.3 is 9.47 Å². The van der Waals surface area contributed by atoms with Gasteiger partial charge >= 0.3 is 5.97 Å². The molecular weight excluding hydrogens is 240 g/mol. The summed E-state index contributed by atoms with van der Waals surface area (Å²) in [5, 5.41) is 0.614.